The molecular formula is C13H10N4O4. The number of benzene rings is 1. The van der Waals surface area contributed by atoms with Crippen LogP contribution >= 0.6 is 0 Å². The van der Waals surface area contributed by atoms with E-state index in [1.807, 2.05) is 0 Å². The molecule has 106 valence electrons. The molecule has 1 fully saturated rings. The molecule has 1 aliphatic heterocycles. The molecule has 0 spiro atoms. The van der Waals surface area contributed by atoms with Crippen LogP contribution in [0.3, 0.4) is 0 Å². The van der Waals surface area contributed by atoms with E-state index in [9.17, 15) is 19.2 Å². The van der Waals surface area contributed by atoms with E-state index >= 15 is 0 Å². The van der Waals surface area contributed by atoms with Gasteiger partial charge >= 0.3 is 0 Å². The molecule has 0 aliphatic carbocycles. The van der Waals surface area contributed by atoms with Gasteiger partial charge in [-0.3, -0.25) is 24.5 Å². The zero-order valence-electron chi connectivity index (χ0n) is 10.8. The van der Waals surface area contributed by atoms with Crippen molar-refractivity contribution in [3.05, 3.63) is 40.3 Å². The highest BCUT2D eigenvalue weighted by Crippen LogP contribution is 2.14. The molecule has 2 aromatic rings. The van der Waals surface area contributed by atoms with E-state index in [1.165, 1.54) is 0 Å². The SMILES string of the molecule is O=C1CN(C(=O)c2n[nH]c(=O)c3ccccc23)CC(=O)N1. The molecule has 0 saturated carbocycles. The van der Waals surface area contributed by atoms with Crippen molar-refractivity contribution < 1.29 is 14.4 Å². The van der Waals surface area contributed by atoms with Gasteiger partial charge in [-0.05, 0) is 6.07 Å². The topological polar surface area (TPSA) is 112 Å². The van der Waals surface area contributed by atoms with E-state index in [2.05, 4.69) is 15.5 Å². The standard InChI is InChI=1S/C13H10N4O4/c18-9-5-17(6-10(19)14-9)13(21)11-7-3-1-2-4-8(7)12(20)16-15-11/h1-4H,5-6H2,(H,16,20)(H,14,18,19). The largest absolute Gasteiger partial charge is 0.319 e. The van der Waals surface area contributed by atoms with Crippen molar-refractivity contribution in [1.82, 2.24) is 20.4 Å². The first-order valence-electron chi connectivity index (χ1n) is 6.15. The van der Waals surface area contributed by atoms with Crippen molar-refractivity contribution in [2.75, 3.05) is 13.1 Å². The Morgan fingerprint density at radius 3 is 2.33 bits per heavy atom. The number of aromatic amines is 1. The lowest BCUT2D eigenvalue weighted by atomic mass is 10.1. The molecule has 21 heavy (non-hydrogen) atoms. The van der Waals surface area contributed by atoms with E-state index < -0.39 is 23.3 Å². The highest BCUT2D eigenvalue weighted by atomic mass is 16.2. The first-order valence-corrected chi connectivity index (χ1v) is 6.15. The lowest BCUT2D eigenvalue weighted by Gasteiger charge is -2.25. The van der Waals surface area contributed by atoms with Crippen LogP contribution < -0.4 is 10.9 Å². The maximum atomic E-state index is 12.4. The van der Waals surface area contributed by atoms with Gasteiger partial charge in [0.1, 0.15) is 13.1 Å². The lowest BCUT2D eigenvalue weighted by molar-refractivity contribution is -0.135. The molecule has 1 aromatic heterocycles. The number of piperazine rings is 1. The monoisotopic (exact) mass is 286 g/mol. The van der Waals surface area contributed by atoms with Gasteiger partial charge in [0.2, 0.25) is 11.8 Å². The summed E-state index contributed by atoms with van der Waals surface area (Å²) in [6.07, 6.45) is 0. The average Bonchev–Trinajstić information content (AvgIpc) is 2.46. The molecule has 3 amide bonds. The van der Waals surface area contributed by atoms with Crippen LogP contribution in [-0.4, -0.2) is 45.9 Å². The first-order chi connectivity index (χ1) is 10.1. The molecule has 2 heterocycles. The van der Waals surface area contributed by atoms with Crippen molar-refractivity contribution in [1.29, 1.82) is 0 Å². The van der Waals surface area contributed by atoms with Gasteiger partial charge in [-0.25, -0.2) is 5.10 Å². The maximum absolute atomic E-state index is 12.4. The van der Waals surface area contributed by atoms with Crippen LogP contribution in [0.1, 0.15) is 10.5 Å². The molecule has 1 saturated heterocycles. The number of amides is 3. The molecule has 1 aliphatic rings. The van der Waals surface area contributed by atoms with Crippen LogP contribution in [-0.2, 0) is 9.59 Å². The zero-order chi connectivity index (χ0) is 15.0. The summed E-state index contributed by atoms with van der Waals surface area (Å²) in [6, 6.07) is 6.51. The van der Waals surface area contributed by atoms with Gasteiger partial charge < -0.3 is 4.90 Å². The van der Waals surface area contributed by atoms with E-state index in [0.29, 0.717) is 10.8 Å². The molecule has 0 radical (unpaired) electrons. The number of carbonyl (C=O) groups is 3. The van der Waals surface area contributed by atoms with Crippen molar-refractivity contribution in [3.8, 4) is 0 Å². The van der Waals surface area contributed by atoms with Gasteiger partial charge in [0.25, 0.3) is 11.5 Å². The fraction of sp³-hybridized carbons (Fsp3) is 0.154. The smallest absolute Gasteiger partial charge is 0.275 e. The normalized spacial score (nSPS) is 15.1. The molecule has 0 unspecified atom stereocenters. The third-order valence-electron chi connectivity index (χ3n) is 3.13. The summed E-state index contributed by atoms with van der Waals surface area (Å²) >= 11 is 0. The highest BCUT2D eigenvalue weighted by molar-refractivity contribution is 6.09. The fourth-order valence-corrected chi connectivity index (χ4v) is 2.21. The van der Waals surface area contributed by atoms with E-state index in [4.69, 9.17) is 0 Å². The van der Waals surface area contributed by atoms with Gasteiger partial charge in [-0.2, -0.15) is 5.10 Å². The number of imide groups is 1. The minimum absolute atomic E-state index is 0.00713. The average molecular weight is 286 g/mol. The highest BCUT2D eigenvalue weighted by Gasteiger charge is 2.29. The van der Waals surface area contributed by atoms with Gasteiger partial charge in [0.15, 0.2) is 5.69 Å². The Morgan fingerprint density at radius 2 is 1.67 bits per heavy atom. The van der Waals surface area contributed by atoms with Crippen LogP contribution in [0.4, 0.5) is 0 Å². The number of rotatable bonds is 1. The van der Waals surface area contributed by atoms with Crippen LogP contribution in [0.5, 0.6) is 0 Å². The molecule has 8 nitrogen and oxygen atoms in total. The molecule has 2 N–H and O–H groups in total. The Balaban J connectivity index is 2.06. The van der Waals surface area contributed by atoms with Crippen molar-refractivity contribution >= 4 is 28.5 Å². The number of H-pyrrole nitrogens is 1. The second-order valence-corrected chi connectivity index (χ2v) is 4.58. The lowest BCUT2D eigenvalue weighted by Crippen LogP contribution is -2.53. The van der Waals surface area contributed by atoms with Crippen LogP contribution in [0.2, 0.25) is 0 Å². The van der Waals surface area contributed by atoms with Gasteiger partial charge in [-0.15, -0.1) is 0 Å². The van der Waals surface area contributed by atoms with Gasteiger partial charge in [0.05, 0.1) is 5.39 Å². The first kappa shape index (κ1) is 13.0. The van der Waals surface area contributed by atoms with Crippen molar-refractivity contribution in [2.45, 2.75) is 0 Å². The third-order valence-corrected chi connectivity index (χ3v) is 3.13. The Labute approximate surface area is 117 Å². The summed E-state index contributed by atoms with van der Waals surface area (Å²) in [5.41, 5.74) is -0.401. The minimum Gasteiger partial charge on any atom is -0.319 e. The van der Waals surface area contributed by atoms with E-state index in [1.54, 1.807) is 24.3 Å². The number of carbonyl (C=O) groups excluding carboxylic acids is 3. The van der Waals surface area contributed by atoms with Crippen molar-refractivity contribution in [3.63, 3.8) is 0 Å². The minimum atomic E-state index is -0.578. The third kappa shape index (κ3) is 2.27. The number of fused-ring (bicyclic) bond motifs is 1. The molecule has 1 aromatic carbocycles. The van der Waals surface area contributed by atoms with Crippen LogP contribution in [0.15, 0.2) is 29.1 Å². The van der Waals surface area contributed by atoms with E-state index in [-0.39, 0.29) is 18.8 Å². The number of aromatic nitrogens is 2. The number of hydrogen-bond acceptors (Lipinski definition) is 5. The molecular weight excluding hydrogens is 276 g/mol. The summed E-state index contributed by atoms with van der Waals surface area (Å²) in [7, 11) is 0. The fourth-order valence-electron chi connectivity index (χ4n) is 2.21. The maximum Gasteiger partial charge on any atom is 0.275 e. The van der Waals surface area contributed by atoms with Crippen molar-refractivity contribution in [2.24, 2.45) is 0 Å². The van der Waals surface area contributed by atoms with Gasteiger partial charge in [-0.1, -0.05) is 18.2 Å². The zero-order valence-corrected chi connectivity index (χ0v) is 10.8. The summed E-state index contributed by atoms with van der Waals surface area (Å²) in [5, 5.41) is 8.82. The number of nitrogens with zero attached hydrogens (tertiary/aromatic N) is 2. The quantitative estimate of drug-likeness (QED) is 0.654. The van der Waals surface area contributed by atoms with Gasteiger partial charge in [0, 0.05) is 5.39 Å². The predicted molar refractivity (Wildman–Crippen MR) is 71.4 cm³/mol. The Bertz CT molecular complexity index is 810. The predicted octanol–water partition coefficient (Wildman–Crippen LogP) is -0.978. The number of nitrogens with one attached hydrogen (secondary N) is 2. The summed E-state index contributed by atoms with van der Waals surface area (Å²) < 4.78 is 0. The molecule has 3 rings (SSSR count). The summed E-state index contributed by atoms with van der Waals surface area (Å²) in [6.45, 7) is -0.445. The Morgan fingerprint density at radius 1 is 1.05 bits per heavy atom. The van der Waals surface area contributed by atoms with Crippen LogP contribution in [0, 0.1) is 0 Å². The van der Waals surface area contributed by atoms with Crippen LogP contribution in [0.25, 0.3) is 10.8 Å². The van der Waals surface area contributed by atoms with E-state index in [0.717, 1.165) is 4.90 Å². The summed E-state index contributed by atoms with van der Waals surface area (Å²) in [5.74, 6) is -1.67. The second-order valence-electron chi connectivity index (χ2n) is 4.58. The summed E-state index contributed by atoms with van der Waals surface area (Å²) in [4.78, 5) is 47.9. The second kappa shape index (κ2) is 4.82. The Hall–Kier alpha value is -3.03. The Kier molecular flexibility index (Phi) is 2.98. The molecule has 8 heteroatoms. The molecule has 0 bridgehead atoms. The number of hydrogen-bond donors (Lipinski definition) is 2. The molecule has 0 atom stereocenters.